The van der Waals surface area contributed by atoms with Crippen LogP contribution in [0.15, 0.2) is 53.1 Å². The second-order valence-corrected chi connectivity index (χ2v) is 4.36. The van der Waals surface area contributed by atoms with E-state index < -0.39 is 0 Å². The predicted octanol–water partition coefficient (Wildman–Crippen LogP) is 3.42. The molecule has 5 nitrogen and oxygen atoms in total. The Morgan fingerprint density at radius 2 is 1.81 bits per heavy atom. The maximum atomic E-state index is 5.34. The molecule has 0 saturated carbocycles. The Morgan fingerprint density at radius 3 is 2.62 bits per heavy atom. The van der Waals surface area contributed by atoms with Crippen LogP contribution in [0, 0.1) is 0 Å². The minimum atomic E-state index is 0.422. The van der Waals surface area contributed by atoms with Gasteiger partial charge in [0, 0.05) is 5.56 Å². The Balaban J connectivity index is 1.99. The molecule has 0 saturated heterocycles. The summed E-state index contributed by atoms with van der Waals surface area (Å²) in [6.45, 7) is 0. The SMILES string of the molecule is COc1cccc(-c2noc(-c3ccccc3OC)n2)c1. The van der Waals surface area contributed by atoms with Gasteiger partial charge in [0.2, 0.25) is 5.82 Å². The lowest BCUT2D eigenvalue weighted by atomic mass is 10.2. The third kappa shape index (κ3) is 2.58. The molecule has 3 aromatic rings. The van der Waals surface area contributed by atoms with Crippen molar-refractivity contribution in [3.63, 3.8) is 0 Å². The van der Waals surface area contributed by atoms with Crippen LogP contribution in [-0.2, 0) is 0 Å². The third-order valence-electron chi connectivity index (χ3n) is 3.09. The fourth-order valence-corrected chi connectivity index (χ4v) is 2.03. The van der Waals surface area contributed by atoms with E-state index in [9.17, 15) is 0 Å². The molecule has 2 aromatic carbocycles. The summed E-state index contributed by atoms with van der Waals surface area (Å²) in [5, 5.41) is 4.02. The molecule has 0 aliphatic heterocycles. The van der Waals surface area contributed by atoms with Gasteiger partial charge in [-0.05, 0) is 24.3 Å². The van der Waals surface area contributed by atoms with Crippen LogP contribution in [0.5, 0.6) is 11.5 Å². The molecular weight excluding hydrogens is 268 g/mol. The Bertz CT molecular complexity index is 753. The molecule has 0 radical (unpaired) electrons. The smallest absolute Gasteiger partial charge is 0.262 e. The lowest BCUT2D eigenvalue weighted by Crippen LogP contribution is -1.88. The van der Waals surface area contributed by atoms with Crippen molar-refractivity contribution in [2.75, 3.05) is 14.2 Å². The van der Waals surface area contributed by atoms with E-state index in [0.717, 1.165) is 16.9 Å². The van der Waals surface area contributed by atoms with Gasteiger partial charge in [-0.1, -0.05) is 29.4 Å². The van der Waals surface area contributed by atoms with Crippen molar-refractivity contribution in [3.8, 4) is 34.3 Å². The fourth-order valence-electron chi connectivity index (χ4n) is 2.03. The van der Waals surface area contributed by atoms with Gasteiger partial charge < -0.3 is 14.0 Å². The molecule has 1 aromatic heterocycles. The van der Waals surface area contributed by atoms with Gasteiger partial charge in [0.15, 0.2) is 0 Å². The molecule has 0 bridgehead atoms. The molecule has 0 atom stereocenters. The van der Waals surface area contributed by atoms with Gasteiger partial charge >= 0.3 is 0 Å². The number of hydrogen-bond donors (Lipinski definition) is 0. The molecule has 0 unspecified atom stereocenters. The zero-order chi connectivity index (χ0) is 14.7. The number of methoxy groups -OCH3 is 2. The molecule has 0 fully saturated rings. The lowest BCUT2D eigenvalue weighted by molar-refractivity contribution is 0.405. The minimum absolute atomic E-state index is 0.422. The van der Waals surface area contributed by atoms with Crippen LogP contribution in [-0.4, -0.2) is 24.4 Å². The van der Waals surface area contributed by atoms with Crippen LogP contribution < -0.4 is 9.47 Å². The number of nitrogens with zero attached hydrogens (tertiary/aromatic N) is 2. The second kappa shape index (κ2) is 5.66. The van der Waals surface area contributed by atoms with Crippen LogP contribution >= 0.6 is 0 Å². The van der Waals surface area contributed by atoms with Gasteiger partial charge in [-0.15, -0.1) is 0 Å². The highest BCUT2D eigenvalue weighted by Gasteiger charge is 2.14. The topological polar surface area (TPSA) is 57.4 Å². The summed E-state index contributed by atoms with van der Waals surface area (Å²) >= 11 is 0. The van der Waals surface area contributed by atoms with Crippen molar-refractivity contribution in [2.45, 2.75) is 0 Å². The summed E-state index contributed by atoms with van der Waals surface area (Å²) in [5.41, 5.74) is 1.60. The van der Waals surface area contributed by atoms with Gasteiger partial charge in [-0.2, -0.15) is 4.98 Å². The second-order valence-electron chi connectivity index (χ2n) is 4.36. The third-order valence-corrected chi connectivity index (χ3v) is 3.09. The normalized spacial score (nSPS) is 10.4. The molecule has 21 heavy (non-hydrogen) atoms. The molecule has 0 amide bonds. The molecule has 0 N–H and O–H groups in total. The number of rotatable bonds is 4. The monoisotopic (exact) mass is 282 g/mol. The average Bonchev–Trinajstić information content (AvgIpc) is 3.04. The molecular formula is C16H14N2O3. The highest BCUT2D eigenvalue weighted by molar-refractivity contribution is 5.65. The van der Waals surface area contributed by atoms with Crippen molar-refractivity contribution in [3.05, 3.63) is 48.5 Å². The number of aromatic nitrogens is 2. The van der Waals surface area contributed by atoms with E-state index in [1.165, 1.54) is 0 Å². The quantitative estimate of drug-likeness (QED) is 0.733. The van der Waals surface area contributed by atoms with E-state index in [-0.39, 0.29) is 0 Å². The van der Waals surface area contributed by atoms with E-state index in [1.807, 2.05) is 48.5 Å². The highest BCUT2D eigenvalue weighted by atomic mass is 16.5. The summed E-state index contributed by atoms with van der Waals surface area (Å²) in [4.78, 5) is 4.42. The van der Waals surface area contributed by atoms with Gasteiger partial charge in [0.25, 0.3) is 5.89 Å². The van der Waals surface area contributed by atoms with E-state index in [2.05, 4.69) is 10.1 Å². The number of para-hydroxylation sites is 1. The molecule has 106 valence electrons. The number of benzene rings is 2. The first-order chi connectivity index (χ1) is 10.3. The maximum absolute atomic E-state index is 5.34. The van der Waals surface area contributed by atoms with Crippen molar-refractivity contribution in [1.82, 2.24) is 10.1 Å². The zero-order valence-corrected chi connectivity index (χ0v) is 11.7. The van der Waals surface area contributed by atoms with Gasteiger partial charge in [-0.3, -0.25) is 0 Å². The standard InChI is InChI=1S/C16H14N2O3/c1-19-12-7-5-6-11(10-12)15-17-16(21-18-15)13-8-3-4-9-14(13)20-2/h3-10H,1-2H3. The fraction of sp³-hybridized carbons (Fsp3) is 0.125. The molecule has 0 aliphatic rings. The Kier molecular flexibility index (Phi) is 3.55. The first-order valence-electron chi connectivity index (χ1n) is 6.43. The largest absolute Gasteiger partial charge is 0.497 e. The molecule has 1 heterocycles. The van der Waals surface area contributed by atoms with Crippen LogP contribution in [0.2, 0.25) is 0 Å². The van der Waals surface area contributed by atoms with Crippen molar-refractivity contribution >= 4 is 0 Å². The van der Waals surface area contributed by atoms with Crippen molar-refractivity contribution < 1.29 is 14.0 Å². The highest BCUT2D eigenvalue weighted by Crippen LogP contribution is 2.30. The van der Waals surface area contributed by atoms with Crippen molar-refractivity contribution in [2.24, 2.45) is 0 Å². The Hall–Kier alpha value is -2.82. The van der Waals surface area contributed by atoms with E-state index in [4.69, 9.17) is 14.0 Å². The molecule has 0 aliphatic carbocycles. The first-order valence-corrected chi connectivity index (χ1v) is 6.43. The molecule has 5 heteroatoms. The first kappa shape index (κ1) is 13.2. The van der Waals surface area contributed by atoms with E-state index in [0.29, 0.717) is 17.5 Å². The number of hydrogen-bond acceptors (Lipinski definition) is 5. The average molecular weight is 282 g/mol. The van der Waals surface area contributed by atoms with E-state index in [1.54, 1.807) is 14.2 Å². The number of ether oxygens (including phenoxy) is 2. The van der Waals surface area contributed by atoms with Gasteiger partial charge in [0.05, 0.1) is 19.8 Å². The van der Waals surface area contributed by atoms with Crippen LogP contribution in [0.1, 0.15) is 0 Å². The van der Waals surface area contributed by atoms with E-state index >= 15 is 0 Å². The minimum Gasteiger partial charge on any atom is -0.497 e. The summed E-state index contributed by atoms with van der Waals surface area (Å²) in [6, 6.07) is 15.0. The Morgan fingerprint density at radius 1 is 0.952 bits per heavy atom. The van der Waals surface area contributed by atoms with Crippen molar-refractivity contribution in [1.29, 1.82) is 0 Å². The zero-order valence-electron chi connectivity index (χ0n) is 11.7. The van der Waals surface area contributed by atoms with Crippen LogP contribution in [0.4, 0.5) is 0 Å². The predicted molar refractivity (Wildman–Crippen MR) is 78.3 cm³/mol. The summed E-state index contributed by atoms with van der Waals surface area (Å²) < 4.78 is 15.8. The summed E-state index contributed by atoms with van der Waals surface area (Å²) in [6.07, 6.45) is 0. The van der Waals surface area contributed by atoms with Crippen LogP contribution in [0.3, 0.4) is 0 Å². The van der Waals surface area contributed by atoms with Crippen LogP contribution in [0.25, 0.3) is 22.8 Å². The van der Waals surface area contributed by atoms with Gasteiger partial charge in [0.1, 0.15) is 11.5 Å². The lowest BCUT2D eigenvalue weighted by Gasteiger charge is -2.03. The van der Waals surface area contributed by atoms with Gasteiger partial charge in [-0.25, -0.2) is 0 Å². The molecule has 3 rings (SSSR count). The summed E-state index contributed by atoms with van der Waals surface area (Å²) in [5.74, 6) is 2.37. The Labute approximate surface area is 122 Å². The summed E-state index contributed by atoms with van der Waals surface area (Å²) in [7, 11) is 3.23. The maximum Gasteiger partial charge on any atom is 0.262 e. The molecule has 0 spiro atoms.